The lowest BCUT2D eigenvalue weighted by atomic mass is 10.3. The van der Waals surface area contributed by atoms with Gasteiger partial charge < -0.3 is 4.74 Å². The number of anilines is 1. The number of hydrogen-bond acceptors (Lipinski definition) is 5. The summed E-state index contributed by atoms with van der Waals surface area (Å²) in [7, 11) is -8.65. The molecule has 2 rings (SSSR count). The minimum Gasteiger partial charge on any atom is -0.428 e. The van der Waals surface area contributed by atoms with Crippen molar-refractivity contribution in [2.24, 2.45) is 5.14 Å². The van der Waals surface area contributed by atoms with Gasteiger partial charge in [0.25, 0.3) is 16.2 Å². The van der Waals surface area contributed by atoms with Gasteiger partial charge in [-0.3, -0.25) is 4.72 Å². The van der Waals surface area contributed by atoms with Gasteiger partial charge in [-0.25, -0.2) is 26.4 Å². The van der Waals surface area contributed by atoms with E-state index in [9.17, 15) is 43.2 Å². The summed E-state index contributed by atoms with van der Waals surface area (Å²) in [5.41, 5.74) is -0.720. The Balaban J connectivity index is 2.34. The van der Waals surface area contributed by atoms with Crippen LogP contribution >= 0.6 is 0 Å². The zero-order valence-corrected chi connectivity index (χ0v) is 16.0. The van der Waals surface area contributed by atoms with E-state index in [0.717, 1.165) is 42.5 Å². The van der Waals surface area contributed by atoms with Gasteiger partial charge in [-0.1, -0.05) is 12.1 Å². The van der Waals surface area contributed by atoms with Crippen molar-refractivity contribution in [3.63, 3.8) is 0 Å². The van der Waals surface area contributed by atoms with Gasteiger partial charge in [-0.15, -0.1) is 0 Å². The van der Waals surface area contributed by atoms with E-state index >= 15 is 0 Å². The summed E-state index contributed by atoms with van der Waals surface area (Å²) in [6.07, 6.45) is -15.9. The van der Waals surface area contributed by atoms with E-state index < -0.39 is 59.7 Å². The van der Waals surface area contributed by atoms with Gasteiger partial charge in [0, 0.05) is 0 Å². The molecule has 0 unspecified atom stereocenters. The number of hydrogen-bond donors (Lipinski definition) is 2. The quantitative estimate of drug-likeness (QED) is 0.594. The third kappa shape index (κ3) is 5.54. The smallest absolute Gasteiger partial charge is 0.428 e. The van der Waals surface area contributed by atoms with E-state index in [1.165, 1.54) is 0 Å². The van der Waals surface area contributed by atoms with Gasteiger partial charge in [-0.05, 0) is 36.4 Å². The van der Waals surface area contributed by atoms with Crippen molar-refractivity contribution in [2.75, 3.05) is 4.72 Å². The maximum absolute atomic E-state index is 13.5. The molecule has 0 radical (unpaired) electrons. The molecular formula is C15H12F6N2O5S2. The van der Waals surface area contributed by atoms with Crippen LogP contribution in [0, 0.1) is 0 Å². The van der Waals surface area contributed by atoms with E-state index in [0.29, 0.717) is 6.07 Å². The molecule has 0 aromatic heterocycles. The van der Waals surface area contributed by atoms with Crippen molar-refractivity contribution in [2.45, 2.75) is 28.2 Å². The van der Waals surface area contributed by atoms with Gasteiger partial charge in [0.05, 0.1) is 15.5 Å². The largest absolute Gasteiger partial charge is 0.439 e. The first-order valence-corrected chi connectivity index (χ1v) is 10.6. The number of halogens is 6. The number of nitrogens with two attached hydrogens (primary N) is 1. The Kier molecular flexibility index (Phi) is 6.30. The van der Waals surface area contributed by atoms with Gasteiger partial charge in [-0.2, -0.15) is 22.0 Å². The van der Waals surface area contributed by atoms with Crippen molar-refractivity contribution in [3.8, 4) is 5.75 Å². The van der Waals surface area contributed by atoms with Crippen LogP contribution in [0.5, 0.6) is 5.75 Å². The van der Waals surface area contributed by atoms with Crippen LogP contribution in [0.25, 0.3) is 0 Å². The summed E-state index contributed by atoms with van der Waals surface area (Å²) in [4.78, 5) is -0.943. The standard InChI is InChI=1S/C15H12F6N2O5S2/c16-13(14(17,18)19)15(20,21)28-12-4-2-1-3-11(12)23-30(26,27)10-7-5-9(6-8-10)29(22,24)25/h1-8,13,23H,(H2,22,24,25)/t13-/m0/s1. The lowest BCUT2D eigenvalue weighted by Gasteiger charge is -2.24. The number of ether oxygens (including phenoxy) is 1. The topological polar surface area (TPSA) is 116 Å². The van der Waals surface area contributed by atoms with Crippen LogP contribution in [0.2, 0.25) is 0 Å². The Bertz CT molecular complexity index is 1120. The van der Waals surface area contributed by atoms with E-state index in [4.69, 9.17) is 5.14 Å². The van der Waals surface area contributed by atoms with Crippen LogP contribution in [0.4, 0.5) is 32.0 Å². The molecule has 2 aromatic rings. The highest BCUT2D eigenvalue weighted by atomic mass is 32.2. The molecule has 0 fully saturated rings. The number of nitrogens with one attached hydrogen (secondary N) is 1. The first-order valence-electron chi connectivity index (χ1n) is 7.56. The summed E-state index contributed by atoms with van der Waals surface area (Å²) in [6.45, 7) is 0. The molecule has 3 N–H and O–H groups in total. The number of alkyl halides is 6. The molecule has 30 heavy (non-hydrogen) atoms. The number of para-hydroxylation sites is 2. The molecule has 0 aliphatic heterocycles. The van der Waals surface area contributed by atoms with Crippen LogP contribution < -0.4 is 14.6 Å². The Hall–Kier alpha value is -2.52. The second-order valence-electron chi connectivity index (χ2n) is 5.69. The molecule has 0 aliphatic rings. The van der Waals surface area contributed by atoms with E-state index in [1.807, 2.05) is 0 Å². The molecule has 0 saturated carbocycles. The van der Waals surface area contributed by atoms with E-state index in [-0.39, 0.29) is 0 Å². The lowest BCUT2D eigenvalue weighted by molar-refractivity contribution is -0.304. The first kappa shape index (κ1) is 23.8. The first-order chi connectivity index (χ1) is 13.5. The molecule has 7 nitrogen and oxygen atoms in total. The molecule has 0 aliphatic carbocycles. The highest BCUT2D eigenvalue weighted by Crippen LogP contribution is 2.38. The third-order valence-corrected chi connectivity index (χ3v) is 5.73. The van der Waals surface area contributed by atoms with Crippen molar-refractivity contribution >= 4 is 25.7 Å². The number of rotatable bonds is 7. The highest BCUT2D eigenvalue weighted by molar-refractivity contribution is 7.92. The molecule has 166 valence electrons. The lowest BCUT2D eigenvalue weighted by Crippen LogP contribution is -2.45. The van der Waals surface area contributed by atoms with Crippen molar-refractivity contribution in [1.82, 2.24) is 0 Å². The highest BCUT2D eigenvalue weighted by Gasteiger charge is 2.59. The van der Waals surface area contributed by atoms with Crippen molar-refractivity contribution in [3.05, 3.63) is 48.5 Å². The maximum Gasteiger partial charge on any atom is 0.439 e. The summed E-state index contributed by atoms with van der Waals surface area (Å²) >= 11 is 0. The van der Waals surface area contributed by atoms with E-state index in [1.54, 1.807) is 4.72 Å². The Morgan fingerprint density at radius 3 is 1.87 bits per heavy atom. The molecule has 0 bridgehead atoms. The summed E-state index contributed by atoms with van der Waals surface area (Å²) in [5, 5.41) is 4.88. The minimum absolute atomic E-state index is 0.411. The van der Waals surface area contributed by atoms with E-state index in [2.05, 4.69) is 4.74 Å². The normalized spacial score (nSPS) is 14.2. The zero-order chi connectivity index (χ0) is 23.0. The van der Waals surface area contributed by atoms with Gasteiger partial charge >= 0.3 is 12.3 Å². The summed E-state index contributed by atoms with van der Waals surface area (Å²) < 4.78 is 130. The monoisotopic (exact) mass is 478 g/mol. The minimum atomic E-state index is -5.93. The number of benzene rings is 2. The van der Waals surface area contributed by atoms with Crippen LogP contribution in [0.15, 0.2) is 58.3 Å². The molecule has 0 heterocycles. The Morgan fingerprint density at radius 1 is 0.867 bits per heavy atom. The molecule has 0 amide bonds. The van der Waals surface area contributed by atoms with Crippen LogP contribution in [-0.4, -0.2) is 35.3 Å². The van der Waals surface area contributed by atoms with Crippen LogP contribution in [0.3, 0.4) is 0 Å². The summed E-state index contributed by atoms with van der Waals surface area (Å²) in [6, 6.07) is 7.13. The second-order valence-corrected chi connectivity index (χ2v) is 8.93. The second kappa shape index (κ2) is 7.96. The fourth-order valence-corrected chi connectivity index (χ4v) is 3.63. The zero-order valence-electron chi connectivity index (χ0n) is 14.4. The summed E-state index contributed by atoms with van der Waals surface area (Å²) in [5.74, 6) is -1.08. The molecule has 2 aromatic carbocycles. The SMILES string of the molecule is NS(=O)(=O)c1ccc(S(=O)(=O)Nc2ccccc2OC(F)(F)[C@@H](F)C(F)(F)F)cc1. The number of sulfonamides is 2. The van der Waals surface area contributed by atoms with Gasteiger partial charge in [0.2, 0.25) is 10.0 Å². The van der Waals surface area contributed by atoms with Gasteiger partial charge in [0.15, 0.2) is 5.75 Å². The average molecular weight is 478 g/mol. The fourth-order valence-electron chi connectivity index (χ4n) is 2.04. The van der Waals surface area contributed by atoms with Crippen molar-refractivity contribution in [1.29, 1.82) is 0 Å². The average Bonchev–Trinajstić information content (AvgIpc) is 2.61. The van der Waals surface area contributed by atoms with Gasteiger partial charge in [0.1, 0.15) is 0 Å². The Morgan fingerprint density at radius 2 is 1.37 bits per heavy atom. The fraction of sp³-hybridized carbons (Fsp3) is 0.200. The molecule has 0 spiro atoms. The Labute approximate surface area is 166 Å². The predicted octanol–water partition coefficient (Wildman–Crippen LogP) is 3.01. The van der Waals surface area contributed by atoms with Crippen LogP contribution in [-0.2, 0) is 20.0 Å². The third-order valence-electron chi connectivity index (χ3n) is 3.42. The molecule has 1 atom stereocenters. The van der Waals surface area contributed by atoms with Crippen LogP contribution in [0.1, 0.15) is 0 Å². The molecule has 15 heteroatoms. The molecular weight excluding hydrogens is 466 g/mol. The molecule has 0 saturated heterocycles. The van der Waals surface area contributed by atoms with Crippen molar-refractivity contribution < 1.29 is 47.9 Å². The predicted molar refractivity (Wildman–Crippen MR) is 91.6 cm³/mol. The maximum atomic E-state index is 13.5. The number of primary sulfonamides is 1.